The van der Waals surface area contributed by atoms with E-state index >= 15 is 0 Å². The molecule has 0 bridgehead atoms. The minimum atomic E-state index is 0.674. The lowest BCUT2D eigenvalue weighted by Crippen LogP contribution is -1.98. The molecule has 0 fully saturated rings. The molecule has 0 atom stereocenters. The van der Waals surface area contributed by atoms with E-state index in [1.807, 2.05) is 37.3 Å². The zero-order chi connectivity index (χ0) is 13.4. The minimum absolute atomic E-state index is 0.674. The van der Waals surface area contributed by atoms with Crippen LogP contribution in [0.25, 0.3) is 10.9 Å². The van der Waals surface area contributed by atoms with Crippen LogP contribution in [0.3, 0.4) is 0 Å². The summed E-state index contributed by atoms with van der Waals surface area (Å²) in [5.74, 6) is 0. The minimum Gasteiger partial charge on any atom is -0.397 e. The Balaban J connectivity index is 2.04. The van der Waals surface area contributed by atoms with Gasteiger partial charge < -0.3 is 11.1 Å². The Morgan fingerprint density at radius 1 is 1.21 bits per heavy atom. The van der Waals surface area contributed by atoms with Crippen molar-refractivity contribution in [2.45, 2.75) is 6.92 Å². The van der Waals surface area contributed by atoms with Gasteiger partial charge in [-0.15, -0.1) is 0 Å². The number of nitrogens with one attached hydrogen (secondary N) is 2. The lowest BCUT2D eigenvalue weighted by atomic mass is 10.1. The van der Waals surface area contributed by atoms with Gasteiger partial charge in [-0.2, -0.15) is 5.10 Å². The van der Waals surface area contributed by atoms with Gasteiger partial charge >= 0.3 is 0 Å². The monoisotopic (exact) mass is 272 g/mol. The van der Waals surface area contributed by atoms with Gasteiger partial charge in [0, 0.05) is 16.1 Å². The molecule has 5 heteroatoms. The van der Waals surface area contributed by atoms with Gasteiger partial charge in [-0.05, 0) is 36.8 Å². The summed E-state index contributed by atoms with van der Waals surface area (Å²) in [6.07, 6.45) is 1.75. The quantitative estimate of drug-likeness (QED) is 0.621. The lowest BCUT2D eigenvalue weighted by Gasteiger charge is -2.12. The van der Waals surface area contributed by atoms with Crippen molar-refractivity contribution >= 4 is 39.6 Å². The van der Waals surface area contributed by atoms with Gasteiger partial charge in [-0.25, -0.2) is 0 Å². The van der Waals surface area contributed by atoms with Crippen molar-refractivity contribution in [2.24, 2.45) is 0 Å². The molecular formula is C14H13ClN4. The van der Waals surface area contributed by atoms with Crippen LogP contribution >= 0.6 is 11.6 Å². The molecule has 1 aromatic heterocycles. The van der Waals surface area contributed by atoms with Crippen LogP contribution in [0, 0.1) is 6.92 Å². The number of aryl methyl sites for hydroxylation is 1. The van der Waals surface area contributed by atoms with Crippen LogP contribution in [0.15, 0.2) is 36.5 Å². The fraction of sp³-hybridized carbons (Fsp3) is 0.0714. The van der Waals surface area contributed by atoms with Crippen molar-refractivity contribution in [1.29, 1.82) is 0 Å². The number of fused-ring (bicyclic) bond motifs is 1. The Bertz CT molecular complexity index is 748. The number of hydrogen-bond donors (Lipinski definition) is 3. The first-order valence-corrected chi connectivity index (χ1v) is 6.27. The number of anilines is 3. The fourth-order valence-corrected chi connectivity index (χ4v) is 2.16. The van der Waals surface area contributed by atoms with Crippen molar-refractivity contribution in [3.8, 4) is 0 Å². The van der Waals surface area contributed by atoms with Crippen LogP contribution in [0.2, 0.25) is 5.02 Å². The van der Waals surface area contributed by atoms with Gasteiger partial charge in [0.1, 0.15) is 0 Å². The van der Waals surface area contributed by atoms with E-state index in [4.69, 9.17) is 17.3 Å². The molecule has 0 spiro atoms. The second-order valence-corrected chi connectivity index (χ2v) is 4.92. The Labute approximate surface area is 115 Å². The zero-order valence-electron chi connectivity index (χ0n) is 10.4. The van der Waals surface area contributed by atoms with E-state index in [-0.39, 0.29) is 0 Å². The first-order chi connectivity index (χ1) is 9.13. The van der Waals surface area contributed by atoms with Gasteiger partial charge in [0.05, 0.1) is 23.1 Å². The Kier molecular flexibility index (Phi) is 2.80. The smallest absolute Gasteiger partial charge is 0.0672 e. The number of benzene rings is 2. The first kappa shape index (κ1) is 11.9. The maximum absolute atomic E-state index is 6.04. The summed E-state index contributed by atoms with van der Waals surface area (Å²) >= 11 is 6.01. The highest BCUT2D eigenvalue weighted by Crippen LogP contribution is 2.30. The van der Waals surface area contributed by atoms with Crippen molar-refractivity contribution < 1.29 is 0 Å². The van der Waals surface area contributed by atoms with Crippen LogP contribution in [-0.4, -0.2) is 10.2 Å². The number of rotatable bonds is 2. The summed E-state index contributed by atoms with van der Waals surface area (Å²) < 4.78 is 0. The molecular weight excluding hydrogens is 260 g/mol. The summed E-state index contributed by atoms with van der Waals surface area (Å²) in [5, 5.41) is 11.9. The lowest BCUT2D eigenvalue weighted by molar-refractivity contribution is 1.12. The fourth-order valence-electron chi connectivity index (χ4n) is 1.99. The first-order valence-electron chi connectivity index (χ1n) is 5.89. The van der Waals surface area contributed by atoms with E-state index in [2.05, 4.69) is 15.5 Å². The average molecular weight is 273 g/mol. The Morgan fingerprint density at radius 2 is 2.05 bits per heavy atom. The van der Waals surface area contributed by atoms with Crippen LogP contribution in [0.5, 0.6) is 0 Å². The van der Waals surface area contributed by atoms with Crippen molar-refractivity contribution in [3.05, 3.63) is 47.1 Å². The van der Waals surface area contributed by atoms with Gasteiger partial charge in [-0.1, -0.05) is 17.7 Å². The molecule has 19 heavy (non-hydrogen) atoms. The summed E-state index contributed by atoms with van der Waals surface area (Å²) in [5.41, 5.74) is 10.5. The van der Waals surface area contributed by atoms with E-state index in [9.17, 15) is 0 Å². The summed E-state index contributed by atoms with van der Waals surface area (Å²) in [6.45, 7) is 2.02. The molecule has 0 unspecified atom stereocenters. The van der Waals surface area contributed by atoms with Crippen LogP contribution in [0.1, 0.15) is 5.56 Å². The number of nitrogens with zero attached hydrogens (tertiary/aromatic N) is 1. The number of aromatic nitrogens is 2. The molecule has 0 amide bonds. The van der Waals surface area contributed by atoms with E-state index in [0.29, 0.717) is 10.7 Å². The molecule has 1 heterocycles. The standard InChI is InChI=1S/C14H13ClN4/c1-8-2-3-10(15)5-12(8)18-14-6-13-9(4-11(14)16)7-17-19-13/h2-7,18H,16H2,1H3,(H,17,19). The normalized spacial score (nSPS) is 10.8. The maximum Gasteiger partial charge on any atom is 0.0672 e. The summed E-state index contributed by atoms with van der Waals surface area (Å²) in [6, 6.07) is 9.55. The highest BCUT2D eigenvalue weighted by atomic mass is 35.5. The van der Waals surface area contributed by atoms with Gasteiger partial charge in [0.25, 0.3) is 0 Å². The average Bonchev–Trinajstić information content (AvgIpc) is 2.81. The van der Waals surface area contributed by atoms with Gasteiger partial charge in [0.2, 0.25) is 0 Å². The van der Waals surface area contributed by atoms with Gasteiger partial charge in [-0.3, -0.25) is 5.10 Å². The maximum atomic E-state index is 6.04. The number of H-pyrrole nitrogens is 1. The number of nitrogen functional groups attached to an aromatic ring is 1. The molecule has 0 aliphatic rings. The predicted octanol–water partition coefficient (Wildman–Crippen LogP) is 3.85. The molecule has 0 saturated carbocycles. The van der Waals surface area contributed by atoms with E-state index in [1.165, 1.54) is 0 Å². The molecule has 0 aliphatic carbocycles. The molecule has 96 valence electrons. The van der Waals surface area contributed by atoms with Crippen LogP contribution < -0.4 is 11.1 Å². The number of hydrogen-bond acceptors (Lipinski definition) is 3. The van der Waals surface area contributed by atoms with Gasteiger partial charge in [0.15, 0.2) is 0 Å². The number of nitrogens with two attached hydrogens (primary N) is 1. The topological polar surface area (TPSA) is 66.7 Å². The molecule has 4 N–H and O–H groups in total. The van der Waals surface area contributed by atoms with E-state index in [0.717, 1.165) is 27.8 Å². The molecule has 0 saturated heterocycles. The molecule has 3 aromatic rings. The second kappa shape index (κ2) is 4.48. The van der Waals surface area contributed by atoms with Crippen molar-refractivity contribution in [3.63, 3.8) is 0 Å². The van der Waals surface area contributed by atoms with Crippen molar-refractivity contribution in [1.82, 2.24) is 10.2 Å². The third-order valence-electron chi connectivity index (χ3n) is 3.08. The largest absolute Gasteiger partial charge is 0.397 e. The number of aromatic amines is 1. The van der Waals surface area contributed by atoms with E-state index in [1.54, 1.807) is 6.20 Å². The highest BCUT2D eigenvalue weighted by Gasteiger charge is 2.06. The highest BCUT2D eigenvalue weighted by molar-refractivity contribution is 6.30. The second-order valence-electron chi connectivity index (χ2n) is 4.48. The Hall–Kier alpha value is -2.20. The Morgan fingerprint density at radius 3 is 2.89 bits per heavy atom. The SMILES string of the molecule is Cc1ccc(Cl)cc1Nc1cc2[nH]ncc2cc1N. The van der Waals surface area contributed by atoms with Crippen LogP contribution in [0.4, 0.5) is 17.1 Å². The molecule has 0 radical (unpaired) electrons. The summed E-state index contributed by atoms with van der Waals surface area (Å²) in [7, 11) is 0. The molecule has 0 aliphatic heterocycles. The molecule has 3 rings (SSSR count). The van der Waals surface area contributed by atoms with Crippen molar-refractivity contribution in [2.75, 3.05) is 11.1 Å². The zero-order valence-corrected chi connectivity index (χ0v) is 11.1. The molecule has 2 aromatic carbocycles. The summed E-state index contributed by atoms with van der Waals surface area (Å²) in [4.78, 5) is 0. The molecule has 4 nitrogen and oxygen atoms in total. The third kappa shape index (κ3) is 2.22. The van der Waals surface area contributed by atoms with Crippen LogP contribution in [-0.2, 0) is 0 Å². The predicted molar refractivity (Wildman–Crippen MR) is 80.0 cm³/mol. The van der Waals surface area contributed by atoms with E-state index < -0.39 is 0 Å². The third-order valence-corrected chi connectivity index (χ3v) is 3.31. The number of halogens is 1.